The van der Waals surface area contributed by atoms with Gasteiger partial charge in [0.15, 0.2) is 0 Å². The van der Waals surface area contributed by atoms with Crippen LogP contribution in [0.5, 0.6) is 0 Å². The van der Waals surface area contributed by atoms with E-state index in [4.69, 9.17) is 0 Å². The Labute approximate surface area is 123 Å². The van der Waals surface area contributed by atoms with Crippen molar-refractivity contribution in [2.24, 2.45) is 0 Å². The Morgan fingerprint density at radius 2 is 1.63 bits per heavy atom. The molecule has 1 aromatic rings. The van der Waals surface area contributed by atoms with E-state index in [2.05, 4.69) is 56.8 Å². The molecule has 0 spiro atoms. The Morgan fingerprint density at radius 3 is 2.21 bits per heavy atom. The molecule has 19 heavy (non-hydrogen) atoms. The molecule has 0 aliphatic heterocycles. The van der Waals surface area contributed by atoms with Crippen molar-refractivity contribution >= 4 is 11.8 Å². The summed E-state index contributed by atoms with van der Waals surface area (Å²) in [6, 6.07) is 9.26. The Balaban J connectivity index is 1.76. The number of aryl methyl sites for hydroxylation is 1. The molecule has 1 heteroatoms. The van der Waals surface area contributed by atoms with Gasteiger partial charge in [-0.3, -0.25) is 0 Å². The van der Waals surface area contributed by atoms with E-state index in [0.717, 1.165) is 5.25 Å². The van der Waals surface area contributed by atoms with Crippen molar-refractivity contribution in [1.82, 2.24) is 0 Å². The van der Waals surface area contributed by atoms with Gasteiger partial charge in [0.2, 0.25) is 0 Å². The van der Waals surface area contributed by atoms with Gasteiger partial charge in [0, 0.05) is 5.25 Å². The van der Waals surface area contributed by atoms with Crippen molar-refractivity contribution in [3.8, 4) is 0 Å². The van der Waals surface area contributed by atoms with Crippen molar-refractivity contribution in [2.45, 2.75) is 70.0 Å². The normalized spacial score (nSPS) is 17.6. The minimum absolute atomic E-state index is 0.273. The zero-order chi connectivity index (χ0) is 13.7. The van der Waals surface area contributed by atoms with Crippen LogP contribution in [0.25, 0.3) is 0 Å². The van der Waals surface area contributed by atoms with Crippen LogP contribution in [0, 0.1) is 0 Å². The number of rotatable bonds is 4. The highest BCUT2D eigenvalue weighted by molar-refractivity contribution is 7.99. The highest BCUT2D eigenvalue weighted by atomic mass is 32.2. The Kier molecular flexibility index (Phi) is 5.38. The third-order valence-electron chi connectivity index (χ3n) is 4.12. The first kappa shape index (κ1) is 15.0. The van der Waals surface area contributed by atoms with Crippen LogP contribution < -0.4 is 0 Å². The lowest BCUT2D eigenvalue weighted by molar-refractivity contribution is 0.516. The molecule has 0 nitrogen and oxygen atoms in total. The molecule has 0 atom stereocenters. The van der Waals surface area contributed by atoms with Gasteiger partial charge >= 0.3 is 0 Å². The van der Waals surface area contributed by atoms with Crippen LogP contribution in [0.3, 0.4) is 0 Å². The third kappa shape index (κ3) is 4.87. The maximum absolute atomic E-state index is 2.32. The van der Waals surface area contributed by atoms with Crippen LogP contribution >= 0.6 is 11.8 Å². The Bertz CT molecular complexity index is 366. The molecular weight excluding hydrogens is 248 g/mol. The second-order valence-electron chi connectivity index (χ2n) is 6.83. The predicted octanol–water partition coefficient (Wildman–Crippen LogP) is 5.59. The highest BCUT2D eigenvalue weighted by Gasteiger charge is 2.14. The molecule has 0 unspecified atom stereocenters. The largest absolute Gasteiger partial charge is 0.158 e. The minimum atomic E-state index is 0.273. The SMILES string of the molecule is CC(C)(C)c1ccc(CCSC2CCCCC2)cc1. The van der Waals surface area contributed by atoms with Gasteiger partial charge in [-0.25, -0.2) is 0 Å². The summed E-state index contributed by atoms with van der Waals surface area (Å²) in [5.41, 5.74) is 3.21. The van der Waals surface area contributed by atoms with E-state index in [-0.39, 0.29) is 5.41 Å². The molecule has 1 aliphatic carbocycles. The van der Waals surface area contributed by atoms with Crippen LogP contribution in [0.4, 0.5) is 0 Å². The van der Waals surface area contributed by atoms with E-state index in [1.165, 1.54) is 55.4 Å². The molecule has 0 amide bonds. The van der Waals surface area contributed by atoms with Crippen LogP contribution in [-0.2, 0) is 11.8 Å². The quantitative estimate of drug-likeness (QED) is 0.690. The monoisotopic (exact) mass is 276 g/mol. The number of thioether (sulfide) groups is 1. The molecule has 106 valence electrons. The maximum atomic E-state index is 2.32. The van der Waals surface area contributed by atoms with Gasteiger partial charge in [-0.05, 0) is 41.6 Å². The molecule has 1 aliphatic rings. The summed E-state index contributed by atoms with van der Waals surface area (Å²) in [7, 11) is 0. The molecule has 0 N–H and O–H groups in total. The summed E-state index contributed by atoms with van der Waals surface area (Å²) in [4.78, 5) is 0. The molecule has 0 heterocycles. The molecule has 1 saturated carbocycles. The van der Waals surface area contributed by atoms with Gasteiger partial charge < -0.3 is 0 Å². The number of hydrogen-bond donors (Lipinski definition) is 0. The van der Waals surface area contributed by atoms with Crippen molar-refractivity contribution in [3.05, 3.63) is 35.4 Å². The van der Waals surface area contributed by atoms with E-state index >= 15 is 0 Å². The first-order chi connectivity index (χ1) is 9.05. The van der Waals surface area contributed by atoms with Crippen molar-refractivity contribution in [1.29, 1.82) is 0 Å². The zero-order valence-electron chi connectivity index (χ0n) is 12.7. The summed E-state index contributed by atoms with van der Waals surface area (Å²) in [5.74, 6) is 1.29. The lowest BCUT2D eigenvalue weighted by Gasteiger charge is -2.21. The lowest BCUT2D eigenvalue weighted by Crippen LogP contribution is -2.11. The molecule has 0 bridgehead atoms. The fourth-order valence-corrected chi connectivity index (χ4v) is 4.10. The molecular formula is C18H28S. The molecule has 2 rings (SSSR count). The summed E-state index contributed by atoms with van der Waals surface area (Å²) >= 11 is 2.20. The van der Waals surface area contributed by atoms with Gasteiger partial charge in [-0.1, -0.05) is 64.3 Å². The second kappa shape index (κ2) is 6.83. The fraction of sp³-hybridized carbons (Fsp3) is 0.667. The Morgan fingerprint density at radius 1 is 1.00 bits per heavy atom. The van der Waals surface area contributed by atoms with E-state index in [0.29, 0.717) is 0 Å². The predicted molar refractivity (Wildman–Crippen MR) is 88.2 cm³/mol. The molecule has 1 aromatic carbocycles. The maximum Gasteiger partial charge on any atom is 0.00471 e. The van der Waals surface area contributed by atoms with Crippen LogP contribution in [-0.4, -0.2) is 11.0 Å². The summed E-state index contributed by atoms with van der Waals surface area (Å²) in [5, 5.41) is 0.947. The Hall–Kier alpha value is -0.430. The summed E-state index contributed by atoms with van der Waals surface area (Å²) < 4.78 is 0. The van der Waals surface area contributed by atoms with Crippen LogP contribution in [0.1, 0.15) is 64.0 Å². The van der Waals surface area contributed by atoms with E-state index in [1.807, 2.05) is 0 Å². The van der Waals surface area contributed by atoms with E-state index in [1.54, 1.807) is 0 Å². The lowest BCUT2D eigenvalue weighted by atomic mass is 9.86. The number of hydrogen-bond acceptors (Lipinski definition) is 1. The smallest absolute Gasteiger partial charge is 0.00471 e. The standard InChI is InChI=1S/C18H28S/c1-18(2,3)16-11-9-15(10-12-16)13-14-19-17-7-5-4-6-8-17/h9-12,17H,4-8,13-14H2,1-3H3. The minimum Gasteiger partial charge on any atom is -0.158 e. The average molecular weight is 276 g/mol. The fourth-order valence-electron chi connectivity index (χ4n) is 2.75. The van der Waals surface area contributed by atoms with Crippen molar-refractivity contribution < 1.29 is 0 Å². The van der Waals surface area contributed by atoms with Gasteiger partial charge in [0.05, 0.1) is 0 Å². The van der Waals surface area contributed by atoms with Crippen LogP contribution in [0.15, 0.2) is 24.3 Å². The number of benzene rings is 1. The first-order valence-electron chi connectivity index (χ1n) is 7.77. The molecule has 0 saturated heterocycles. The third-order valence-corrected chi connectivity index (χ3v) is 5.50. The van der Waals surface area contributed by atoms with E-state index in [9.17, 15) is 0 Å². The van der Waals surface area contributed by atoms with E-state index < -0.39 is 0 Å². The van der Waals surface area contributed by atoms with Crippen molar-refractivity contribution in [2.75, 3.05) is 5.75 Å². The van der Waals surface area contributed by atoms with Crippen LogP contribution in [0.2, 0.25) is 0 Å². The zero-order valence-corrected chi connectivity index (χ0v) is 13.6. The highest BCUT2D eigenvalue weighted by Crippen LogP contribution is 2.29. The van der Waals surface area contributed by atoms with Gasteiger partial charge in [-0.15, -0.1) is 0 Å². The first-order valence-corrected chi connectivity index (χ1v) is 8.81. The van der Waals surface area contributed by atoms with Gasteiger partial charge in [0.25, 0.3) is 0 Å². The second-order valence-corrected chi connectivity index (χ2v) is 8.24. The van der Waals surface area contributed by atoms with Crippen molar-refractivity contribution in [3.63, 3.8) is 0 Å². The average Bonchev–Trinajstić information content (AvgIpc) is 2.39. The van der Waals surface area contributed by atoms with Gasteiger partial charge in [-0.2, -0.15) is 11.8 Å². The molecule has 0 aromatic heterocycles. The topological polar surface area (TPSA) is 0 Å². The molecule has 1 fully saturated rings. The summed E-state index contributed by atoms with van der Waals surface area (Å²) in [6.07, 6.45) is 8.51. The van der Waals surface area contributed by atoms with Gasteiger partial charge in [0.1, 0.15) is 0 Å². The molecule has 0 radical (unpaired) electrons. The summed E-state index contributed by atoms with van der Waals surface area (Å²) in [6.45, 7) is 6.84.